The van der Waals surface area contributed by atoms with Gasteiger partial charge in [-0.2, -0.15) is 0 Å². The van der Waals surface area contributed by atoms with E-state index in [9.17, 15) is 14.3 Å². The van der Waals surface area contributed by atoms with Gasteiger partial charge in [0, 0.05) is 11.1 Å². The standard InChI is InChI=1S/C27H27FO6/c1-31-21-15-16-23(33-18-20-10-3-5-11-22(20)28)19(17-21)9-4-6-14-26(27(29)30)34-25-13-8-7-12-24(25)32-2/h3-5,7-13,15-17,26H,6,14,18H2,1-2H3,(H,29,30). The number of carboxylic acid groups (broad SMARTS) is 1. The van der Waals surface area contributed by atoms with Gasteiger partial charge in [-0.25, -0.2) is 9.18 Å². The second kappa shape index (κ2) is 12.3. The smallest absolute Gasteiger partial charge is 0.344 e. The van der Waals surface area contributed by atoms with E-state index in [-0.39, 0.29) is 18.8 Å². The van der Waals surface area contributed by atoms with Crippen LogP contribution in [0.4, 0.5) is 4.39 Å². The van der Waals surface area contributed by atoms with Gasteiger partial charge < -0.3 is 24.1 Å². The fraction of sp³-hybridized carbons (Fsp3) is 0.222. The van der Waals surface area contributed by atoms with Crippen LogP contribution in [0.15, 0.2) is 72.8 Å². The second-order valence-electron chi connectivity index (χ2n) is 7.36. The minimum atomic E-state index is -1.06. The molecule has 6 nitrogen and oxygen atoms in total. The molecule has 1 atom stereocenters. The Morgan fingerprint density at radius 1 is 0.971 bits per heavy atom. The van der Waals surface area contributed by atoms with Gasteiger partial charge in [-0.3, -0.25) is 0 Å². The molecule has 0 bridgehead atoms. The summed E-state index contributed by atoms with van der Waals surface area (Å²) in [5.41, 5.74) is 1.18. The molecule has 7 heteroatoms. The van der Waals surface area contributed by atoms with E-state index in [1.165, 1.54) is 13.2 Å². The summed E-state index contributed by atoms with van der Waals surface area (Å²) in [4.78, 5) is 11.7. The van der Waals surface area contributed by atoms with Crippen LogP contribution in [0.1, 0.15) is 24.0 Å². The van der Waals surface area contributed by atoms with Gasteiger partial charge in [-0.05, 0) is 49.2 Å². The third-order valence-corrected chi connectivity index (χ3v) is 5.06. The lowest BCUT2D eigenvalue weighted by molar-refractivity contribution is -0.145. The summed E-state index contributed by atoms with van der Waals surface area (Å²) in [6, 6.07) is 18.7. The molecule has 1 N–H and O–H groups in total. The van der Waals surface area contributed by atoms with Crippen molar-refractivity contribution in [3.05, 3.63) is 89.8 Å². The molecule has 0 radical (unpaired) electrons. The van der Waals surface area contributed by atoms with Gasteiger partial charge in [0.25, 0.3) is 0 Å². The molecule has 0 spiro atoms. The average molecular weight is 467 g/mol. The third-order valence-electron chi connectivity index (χ3n) is 5.06. The van der Waals surface area contributed by atoms with E-state index in [0.29, 0.717) is 35.0 Å². The van der Waals surface area contributed by atoms with Crippen molar-refractivity contribution >= 4 is 12.0 Å². The predicted molar refractivity (Wildman–Crippen MR) is 127 cm³/mol. The van der Waals surface area contributed by atoms with E-state index < -0.39 is 12.1 Å². The zero-order valence-corrected chi connectivity index (χ0v) is 19.1. The summed E-state index contributed by atoms with van der Waals surface area (Å²) in [5.74, 6) is 0.647. The van der Waals surface area contributed by atoms with Crippen LogP contribution in [0.2, 0.25) is 0 Å². The molecular formula is C27H27FO6. The summed E-state index contributed by atoms with van der Waals surface area (Å²) in [7, 11) is 3.07. The maximum absolute atomic E-state index is 13.9. The molecule has 0 saturated carbocycles. The number of aliphatic carboxylic acids is 1. The fourth-order valence-electron chi connectivity index (χ4n) is 3.25. The van der Waals surface area contributed by atoms with Crippen molar-refractivity contribution in [2.24, 2.45) is 0 Å². The number of carboxylic acids is 1. The maximum atomic E-state index is 13.9. The van der Waals surface area contributed by atoms with Crippen molar-refractivity contribution < 1.29 is 33.2 Å². The van der Waals surface area contributed by atoms with Gasteiger partial charge in [0.1, 0.15) is 23.9 Å². The Morgan fingerprint density at radius 2 is 1.71 bits per heavy atom. The minimum absolute atomic E-state index is 0.0771. The number of ether oxygens (including phenoxy) is 4. The van der Waals surface area contributed by atoms with Crippen LogP contribution in [0, 0.1) is 5.82 Å². The molecule has 178 valence electrons. The van der Waals surface area contributed by atoms with E-state index >= 15 is 0 Å². The van der Waals surface area contributed by atoms with Gasteiger partial charge in [0.2, 0.25) is 0 Å². The first-order chi connectivity index (χ1) is 16.5. The number of para-hydroxylation sites is 2. The number of rotatable bonds is 12. The van der Waals surface area contributed by atoms with Crippen LogP contribution in [0.25, 0.3) is 6.08 Å². The molecule has 0 fully saturated rings. The zero-order valence-electron chi connectivity index (χ0n) is 19.1. The average Bonchev–Trinajstić information content (AvgIpc) is 2.85. The Morgan fingerprint density at radius 3 is 2.41 bits per heavy atom. The lowest BCUT2D eigenvalue weighted by atomic mass is 10.1. The highest BCUT2D eigenvalue weighted by atomic mass is 19.1. The van der Waals surface area contributed by atoms with E-state index in [1.807, 2.05) is 12.2 Å². The maximum Gasteiger partial charge on any atom is 0.344 e. The summed E-state index contributed by atoms with van der Waals surface area (Å²) in [5, 5.41) is 9.57. The summed E-state index contributed by atoms with van der Waals surface area (Å²) >= 11 is 0. The SMILES string of the molecule is COc1ccc(OCc2ccccc2F)c(C=CCCC(Oc2ccccc2OC)C(=O)O)c1. The molecule has 3 rings (SSSR count). The van der Waals surface area contributed by atoms with Crippen molar-refractivity contribution in [3.8, 4) is 23.0 Å². The summed E-state index contributed by atoms with van der Waals surface area (Å²) < 4.78 is 36.0. The van der Waals surface area contributed by atoms with Crippen molar-refractivity contribution in [1.29, 1.82) is 0 Å². The fourth-order valence-corrected chi connectivity index (χ4v) is 3.25. The highest BCUT2D eigenvalue weighted by Gasteiger charge is 2.20. The first-order valence-electron chi connectivity index (χ1n) is 10.7. The molecule has 0 saturated heterocycles. The number of hydrogen-bond acceptors (Lipinski definition) is 5. The van der Waals surface area contributed by atoms with Crippen LogP contribution in [0.5, 0.6) is 23.0 Å². The molecule has 0 aliphatic heterocycles. The monoisotopic (exact) mass is 466 g/mol. The number of halogens is 1. The quantitative estimate of drug-likeness (QED) is 0.367. The van der Waals surface area contributed by atoms with Crippen LogP contribution < -0.4 is 18.9 Å². The molecule has 3 aromatic rings. The Hall–Kier alpha value is -4.00. The Balaban J connectivity index is 1.67. The number of allylic oxidation sites excluding steroid dienone is 1. The van der Waals surface area contributed by atoms with E-state index in [4.69, 9.17) is 18.9 Å². The van der Waals surface area contributed by atoms with E-state index in [2.05, 4.69) is 0 Å². The molecule has 3 aromatic carbocycles. The predicted octanol–water partition coefficient (Wildman–Crippen LogP) is 5.75. The summed E-state index contributed by atoms with van der Waals surface area (Å²) in [6.07, 6.45) is 3.31. The van der Waals surface area contributed by atoms with Crippen molar-refractivity contribution in [1.82, 2.24) is 0 Å². The first kappa shape index (κ1) is 24.6. The molecule has 0 aromatic heterocycles. The number of hydrogen-bond donors (Lipinski definition) is 1. The highest BCUT2D eigenvalue weighted by molar-refractivity contribution is 5.73. The highest BCUT2D eigenvalue weighted by Crippen LogP contribution is 2.29. The van der Waals surface area contributed by atoms with Crippen LogP contribution in [0.3, 0.4) is 0 Å². The van der Waals surface area contributed by atoms with Gasteiger partial charge in [-0.1, -0.05) is 42.5 Å². The lowest BCUT2D eigenvalue weighted by Crippen LogP contribution is -2.26. The van der Waals surface area contributed by atoms with E-state index in [0.717, 1.165) is 5.56 Å². The van der Waals surface area contributed by atoms with E-state index in [1.54, 1.807) is 67.8 Å². The second-order valence-corrected chi connectivity index (χ2v) is 7.36. The molecule has 34 heavy (non-hydrogen) atoms. The minimum Gasteiger partial charge on any atom is -0.497 e. The Labute approximate surface area is 198 Å². The zero-order chi connectivity index (χ0) is 24.3. The molecule has 1 unspecified atom stereocenters. The Kier molecular flexibility index (Phi) is 8.91. The molecule has 0 aliphatic rings. The van der Waals surface area contributed by atoms with Gasteiger partial charge in [-0.15, -0.1) is 0 Å². The molecule has 0 heterocycles. The lowest BCUT2D eigenvalue weighted by Gasteiger charge is -2.16. The largest absolute Gasteiger partial charge is 0.497 e. The molecule has 0 amide bonds. The van der Waals surface area contributed by atoms with Gasteiger partial charge >= 0.3 is 5.97 Å². The summed E-state index contributed by atoms with van der Waals surface area (Å²) in [6.45, 7) is 0.0771. The molecule has 0 aliphatic carbocycles. The van der Waals surface area contributed by atoms with Crippen LogP contribution >= 0.6 is 0 Å². The number of carbonyl (C=O) groups is 1. The Bertz CT molecular complexity index is 1130. The first-order valence-corrected chi connectivity index (χ1v) is 10.7. The number of benzene rings is 3. The van der Waals surface area contributed by atoms with Crippen molar-refractivity contribution in [2.75, 3.05) is 14.2 Å². The van der Waals surface area contributed by atoms with Gasteiger partial charge in [0.15, 0.2) is 17.6 Å². The van der Waals surface area contributed by atoms with Crippen molar-refractivity contribution in [2.45, 2.75) is 25.6 Å². The van der Waals surface area contributed by atoms with Gasteiger partial charge in [0.05, 0.1) is 14.2 Å². The topological polar surface area (TPSA) is 74.2 Å². The van der Waals surface area contributed by atoms with Crippen molar-refractivity contribution in [3.63, 3.8) is 0 Å². The van der Waals surface area contributed by atoms with Crippen LogP contribution in [-0.2, 0) is 11.4 Å². The normalized spacial score (nSPS) is 11.7. The third kappa shape index (κ3) is 6.75. The van der Waals surface area contributed by atoms with Crippen LogP contribution in [-0.4, -0.2) is 31.4 Å². The molecular weight excluding hydrogens is 439 g/mol. The number of methoxy groups -OCH3 is 2.